The van der Waals surface area contributed by atoms with Gasteiger partial charge in [-0.3, -0.25) is 0 Å². The number of hydrogen-bond donors (Lipinski definition) is 1. The average Bonchev–Trinajstić information content (AvgIpc) is 3.30. The van der Waals surface area contributed by atoms with Crippen LogP contribution in [0.25, 0.3) is 0 Å². The highest BCUT2D eigenvalue weighted by Crippen LogP contribution is 2.36. The van der Waals surface area contributed by atoms with Gasteiger partial charge in [0.05, 0.1) is 6.10 Å². The molecular formula is C19H33F2NO3. The van der Waals surface area contributed by atoms with Crippen LogP contribution in [-0.2, 0) is 4.74 Å². The molecule has 0 heterocycles. The minimum Gasteiger partial charge on any atom is -0.444 e. The van der Waals surface area contributed by atoms with Gasteiger partial charge in [-0.05, 0) is 71.6 Å². The van der Waals surface area contributed by atoms with E-state index in [4.69, 9.17) is 4.74 Å². The van der Waals surface area contributed by atoms with Crippen LogP contribution in [0, 0.1) is 5.92 Å². The second-order valence-electron chi connectivity index (χ2n) is 8.66. The third-order valence-electron chi connectivity index (χ3n) is 5.07. The number of alkyl halides is 2. The van der Waals surface area contributed by atoms with E-state index in [1.165, 1.54) is 0 Å². The minimum atomic E-state index is -2.61. The topological polar surface area (TPSA) is 49.8 Å². The fourth-order valence-electron chi connectivity index (χ4n) is 3.43. The maximum atomic E-state index is 13.4. The number of ether oxygens (including phenoxy) is 1. The Balaban J connectivity index is 1.86. The van der Waals surface area contributed by atoms with Crippen LogP contribution in [0.15, 0.2) is 0 Å². The van der Waals surface area contributed by atoms with Gasteiger partial charge in [0.2, 0.25) is 5.92 Å². The maximum absolute atomic E-state index is 13.4. The molecule has 0 aromatic rings. The van der Waals surface area contributed by atoms with E-state index in [1.807, 2.05) is 20.8 Å². The Morgan fingerprint density at radius 1 is 1.20 bits per heavy atom. The molecule has 0 bridgehead atoms. The average molecular weight is 361 g/mol. The summed E-state index contributed by atoms with van der Waals surface area (Å²) in [7, 11) is 0. The van der Waals surface area contributed by atoms with Gasteiger partial charge in [-0.25, -0.2) is 13.6 Å². The van der Waals surface area contributed by atoms with Crippen LogP contribution in [-0.4, -0.2) is 46.3 Å². The molecule has 146 valence electrons. The lowest BCUT2D eigenvalue weighted by atomic mass is 9.91. The van der Waals surface area contributed by atoms with Gasteiger partial charge in [0.25, 0.3) is 0 Å². The van der Waals surface area contributed by atoms with E-state index in [-0.39, 0.29) is 25.0 Å². The molecule has 0 saturated heterocycles. The van der Waals surface area contributed by atoms with E-state index in [9.17, 15) is 18.7 Å². The number of carbonyl (C=O) groups is 1. The molecule has 1 amide bonds. The first-order valence-corrected chi connectivity index (χ1v) is 9.63. The molecule has 25 heavy (non-hydrogen) atoms. The summed E-state index contributed by atoms with van der Waals surface area (Å²) in [6.45, 7) is 5.93. The van der Waals surface area contributed by atoms with Gasteiger partial charge in [0.15, 0.2) is 0 Å². The summed E-state index contributed by atoms with van der Waals surface area (Å²) >= 11 is 0. The number of rotatable bonds is 7. The molecular weight excluding hydrogens is 328 g/mol. The Morgan fingerprint density at radius 3 is 2.32 bits per heavy atom. The summed E-state index contributed by atoms with van der Waals surface area (Å²) < 4.78 is 32.3. The minimum absolute atomic E-state index is 0.169. The number of nitrogens with zero attached hydrogens (tertiary/aromatic N) is 1. The first-order valence-electron chi connectivity index (χ1n) is 9.63. The molecule has 2 rings (SSSR count). The molecule has 0 radical (unpaired) electrons. The zero-order chi connectivity index (χ0) is 18.7. The van der Waals surface area contributed by atoms with Crippen molar-refractivity contribution < 1.29 is 23.4 Å². The van der Waals surface area contributed by atoms with Crippen LogP contribution < -0.4 is 0 Å². The molecule has 6 heteroatoms. The Hall–Kier alpha value is -0.910. The number of halogens is 2. The molecule has 2 saturated carbocycles. The first kappa shape index (κ1) is 20.4. The quantitative estimate of drug-likeness (QED) is 0.666. The van der Waals surface area contributed by atoms with E-state index in [2.05, 4.69) is 0 Å². The van der Waals surface area contributed by atoms with Gasteiger partial charge in [-0.2, -0.15) is 0 Å². The summed E-state index contributed by atoms with van der Waals surface area (Å²) in [6, 6.07) is -0.178. The van der Waals surface area contributed by atoms with Gasteiger partial charge in [0, 0.05) is 25.4 Å². The Labute approximate surface area is 149 Å². The second kappa shape index (κ2) is 8.19. The van der Waals surface area contributed by atoms with Crippen molar-refractivity contribution in [3.05, 3.63) is 0 Å². The van der Waals surface area contributed by atoms with Gasteiger partial charge in [-0.1, -0.05) is 0 Å². The van der Waals surface area contributed by atoms with Crippen molar-refractivity contribution in [1.29, 1.82) is 0 Å². The maximum Gasteiger partial charge on any atom is 0.410 e. The van der Waals surface area contributed by atoms with E-state index in [0.29, 0.717) is 25.3 Å². The van der Waals surface area contributed by atoms with Crippen molar-refractivity contribution in [2.24, 2.45) is 5.92 Å². The lowest BCUT2D eigenvalue weighted by molar-refractivity contribution is -0.0572. The molecule has 0 spiro atoms. The summed E-state index contributed by atoms with van der Waals surface area (Å²) in [5, 5.41) is 9.93. The van der Waals surface area contributed by atoms with Gasteiger partial charge in [0.1, 0.15) is 5.60 Å². The summed E-state index contributed by atoms with van der Waals surface area (Å²) in [4.78, 5) is 14.2. The van der Waals surface area contributed by atoms with Crippen LogP contribution in [0.4, 0.5) is 13.6 Å². The van der Waals surface area contributed by atoms with E-state index in [1.54, 1.807) is 4.90 Å². The molecule has 4 nitrogen and oxygen atoms in total. The number of carbonyl (C=O) groups excluding carboxylic acids is 1. The number of aliphatic hydroxyl groups excluding tert-OH is 1. The summed E-state index contributed by atoms with van der Waals surface area (Å²) in [5.41, 5.74) is -0.601. The van der Waals surface area contributed by atoms with Crippen molar-refractivity contribution >= 4 is 6.09 Å². The monoisotopic (exact) mass is 361 g/mol. The predicted molar refractivity (Wildman–Crippen MR) is 92.7 cm³/mol. The smallest absolute Gasteiger partial charge is 0.410 e. The van der Waals surface area contributed by atoms with Gasteiger partial charge in [-0.15, -0.1) is 0 Å². The molecule has 0 aromatic heterocycles. The number of amides is 1. The standard InChI is InChI=1S/C19H33F2NO3/c1-18(2,3)25-17(24)22(15-9-11-19(20,21)12-10-15)13-5-4-6-16(23)14-7-8-14/h14-16,23H,4-13H2,1-3H3. The molecule has 2 aliphatic carbocycles. The lowest BCUT2D eigenvalue weighted by Crippen LogP contribution is -2.46. The highest BCUT2D eigenvalue weighted by Gasteiger charge is 2.39. The van der Waals surface area contributed by atoms with Crippen LogP contribution in [0.5, 0.6) is 0 Å². The van der Waals surface area contributed by atoms with Crippen LogP contribution in [0.2, 0.25) is 0 Å². The van der Waals surface area contributed by atoms with Crippen molar-refractivity contribution in [1.82, 2.24) is 4.90 Å². The molecule has 1 N–H and O–H groups in total. The fourth-order valence-corrected chi connectivity index (χ4v) is 3.43. The largest absolute Gasteiger partial charge is 0.444 e. The number of unbranched alkanes of at least 4 members (excludes halogenated alkanes) is 1. The number of hydrogen-bond acceptors (Lipinski definition) is 3. The summed E-state index contributed by atoms with van der Waals surface area (Å²) in [6.07, 6.45) is 4.21. The Bertz CT molecular complexity index is 436. The van der Waals surface area contributed by atoms with E-state index in [0.717, 1.165) is 32.1 Å². The summed E-state index contributed by atoms with van der Waals surface area (Å²) in [5.74, 6) is -2.15. The molecule has 0 aliphatic heterocycles. The first-order chi connectivity index (χ1) is 11.6. The van der Waals surface area contributed by atoms with Crippen molar-refractivity contribution in [3.8, 4) is 0 Å². The zero-order valence-corrected chi connectivity index (χ0v) is 15.8. The lowest BCUT2D eigenvalue weighted by Gasteiger charge is -2.37. The third kappa shape index (κ3) is 7.08. The highest BCUT2D eigenvalue weighted by atomic mass is 19.3. The normalized spacial score (nSPS) is 22.5. The van der Waals surface area contributed by atoms with E-state index >= 15 is 0 Å². The van der Waals surface area contributed by atoms with Crippen molar-refractivity contribution in [2.45, 2.75) is 102 Å². The zero-order valence-electron chi connectivity index (χ0n) is 15.8. The van der Waals surface area contributed by atoms with Crippen LogP contribution in [0.1, 0.15) is 78.6 Å². The van der Waals surface area contributed by atoms with Crippen LogP contribution >= 0.6 is 0 Å². The van der Waals surface area contributed by atoms with E-state index < -0.39 is 17.6 Å². The van der Waals surface area contributed by atoms with Crippen molar-refractivity contribution in [2.75, 3.05) is 6.54 Å². The second-order valence-corrected chi connectivity index (χ2v) is 8.66. The predicted octanol–water partition coefficient (Wildman–Crippen LogP) is 4.74. The molecule has 1 unspecified atom stereocenters. The van der Waals surface area contributed by atoms with Gasteiger partial charge < -0.3 is 14.7 Å². The Morgan fingerprint density at radius 2 is 1.80 bits per heavy atom. The number of aliphatic hydroxyl groups is 1. The molecule has 1 atom stereocenters. The fraction of sp³-hybridized carbons (Fsp3) is 0.947. The molecule has 2 aliphatic rings. The van der Waals surface area contributed by atoms with Crippen LogP contribution in [0.3, 0.4) is 0 Å². The molecule has 0 aromatic carbocycles. The van der Waals surface area contributed by atoms with Crippen molar-refractivity contribution in [3.63, 3.8) is 0 Å². The Kier molecular flexibility index (Phi) is 6.68. The highest BCUT2D eigenvalue weighted by molar-refractivity contribution is 5.68. The molecule has 2 fully saturated rings. The van der Waals surface area contributed by atoms with Gasteiger partial charge >= 0.3 is 6.09 Å². The third-order valence-corrected chi connectivity index (χ3v) is 5.07. The SMILES string of the molecule is CC(C)(C)OC(=O)N(CCCCC(O)C1CC1)C1CCC(F)(F)CC1.